The molecule has 1 N–H and O–H groups in total. The van der Waals surface area contributed by atoms with Crippen LogP contribution in [0.25, 0.3) is 0 Å². The molecule has 13 heteroatoms. The maximum absolute atomic E-state index is 12.3. The third-order valence-electron chi connectivity index (χ3n) is 4.29. The van der Waals surface area contributed by atoms with E-state index in [2.05, 4.69) is 30.2 Å². The molecule has 1 aromatic heterocycles. The lowest BCUT2D eigenvalue weighted by molar-refractivity contribution is -0.274. The number of carbonyl (C=O) groups excluding carboxylic acids is 1. The molecule has 1 unspecified atom stereocenters. The van der Waals surface area contributed by atoms with Crippen molar-refractivity contribution >= 4 is 62.5 Å². The zero-order chi connectivity index (χ0) is 22.2. The molecule has 0 bridgehead atoms. The Morgan fingerprint density at radius 3 is 2.61 bits per heavy atom. The summed E-state index contributed by atoms with van der Waals surface area (Å²) in [5.74, 6) is -0.0249. The number of fused-ring (bicyclic) bond motifs is 1. The number of aliphatic imine (C=N–C) groups is 2. The molecule has 4 rings (SSSR count). The van der Waals surface area contributed by atoms with Gasteiger partial charge in [0.2, 0.25) is 5.13 Å². The number of nitrogens with zero attached hydrogens (tertiary/aromatic N) is 4. The van der Waals surface area contributed by atoms with Crippen LogP contribution in [0.3, 0.4) is 0 Å². The number of ether oxygens (including phenoxy) is 1. The van der Waals surface area contributed by atoms with Gasteiger partial charge in [0.1, 0.15) is 17.5 Å². The molecule has 1 atom stereocenters. The Balaban J connectivity index is 1.33. The summed E-state index contributed by atoms with van der Waals surface area (Å²) in [4.78, 5) is 22.0. The van der Waals surface area contributed by atoms with Crippen molar-refractivity contribution in [2.45, 2.75) is 24.5 Å². The minimum Gasteiger partial charge on any atom is -0.406 e. The van der Waals surface area contributed by atoms with E-state index in [1.807, 2.05) is 13.8 Å². The molecule has 0 saturated heterocycles. The van der Waals surface area contributed by atoms with Gasteiger partial charge in [0.25, 0.3) is 5.91 Å². The van der Waals surface area contributed by atoms with E-state index < -0.39 is 6.36 Å². The van der Waals surface area contributed by atoms with Crippen LogP contribution in [0, 0.1) is 5.92 Å². The molecule has 2 aromatic rings. The van der Waals surface area contributed by atoms with Crippen LogP contribution < -0.4 is 10.1 Å². The van der Waals surface area contributed by atoms with E-state index in [9.17, 15) is 18.0 Å². The molecular weight excluding hydrogens is 471 g/mol. The zero-order valence-corrected chi connectivity index (χ0v) is 18.5. The molecule has 1 aromatic carbocycles. The molecular formula is C18H14F3N5O2S3. The van der Waals surface area contributed by atoms with Crippen molar-refractivity contribution in [1.29, 1.82) is 0 Å². The number of anilines is 2. The number of thioether (sulfide) groups is 2. The monoisotopic (exact) mass is 485 g/mol. The maximum atomic E-state index is 12.3. The van der Waals surface area contributed by atoms with E-state index in [0.29, 0.717) is 26.7 Å². The number of hydrogen-bond acceptors (Lipinski definition) is 9. The minimum absolute atomic E-state index is 0.194. The first-order chi connectivity index (χ1) is 14.7. The smallest absolute Gasteiger partial charge is 0.406 e. The first-order valence-corrected chi connectivity index (χ1v) is 11.4. The number of amides is 1. The standard InChI is InChI=1S/C18H14F3N5O2S3/c1-8-9(2)30-15-13(8)14(27)23-12(24-15)7-29-17-26-25-16(31-17)22-10-3-5-11(6-4-10)28-18(19,20)21/h3-6,13H,7H2,1-2H3,(H,22,25). The fraction of sp³-hybridized carbons (Fsp3) is 0.278. The summed E-state index contributed by atoms with van der Waals surface area (Å²) >= 11 is 4.13. The lowest BCUT2D eigenvalue weighted by Gasteiger charge is -2.14. The number of allylic oxidation sites excluding steroid dienone is 1. The van der Waals surface area contributed by atoms with Crippen LogP contribution >= 0.6 is 34.9 Å². The Morgan fingerprint density at radius 1 is 1.16 bits per heavy atom. The van der Waals surface area contributed by atoms with Crippen LogP contribution in [0.4, 0.5) is 24.0 Å². The molecule has 2 aliphatic rings. The van der Waals surface area contributed by atoms with Crippen LogP contribution in [0.15, 0.2) is 49.1 Å². The number of rotatable bonds is 6. The highest BCUT2D eigenvalue weighted by Crippen LogP contribution is 2.40. The van der Waals surface area contributed by atoms with Gasteiger partial charge < -0.3 is 10.1 Å². The second-order valence-corrected chi connectivity index (χ2v) is 9.88. The summed E-state index contributed by atoms with van der Waals surface area (Å²) in [5, 5.41) is 12.3. The van der Waals surface area contributed by atoms with Crippen LogP contribution in [0.5, 0.6) is 5.75 Å². The zero-order valence-electron chi connectivity index (χ0n) is 16.1. The average Bonchev–Trinajstić information content (AvgIpc) is 3.25. The number of nitrogens with one attached hydrogen (secondary N) is 1. The highest BCUT2D eigenvalue weighted by molar-refractivity contribution is 8.17. The lowest BCUT2D eigenvalue weighted by atomic mass is 10.0. The minimum atomic E-state index is -4.73. The van der Waals surface area contributed by atoms with Crippen LogP contribution in [-0.2, 0) is 4.79 Å². The van der Waals surface area contributed by atoms with Crippen molar-refractivity contribution < 1.29 is 22.7 Å². The molecule has 0 radical (unpaired) electrons. The molecule has 0 aliphatic carbocycles. The molecule has 2 aliphatic heterocycles. The summed E-state index contributed by atoms with van der Waals surface area (Å²) < 4.78 is 41.1. The largest absolute Gasteiger partial charge is 0.573 e. The molecule has 7 nitrogen and oxygen atoms in total. The van der Waals surface area contributed by atoms with Crippen molar-refractivity contribution in [2.24, 2.45) is 15.9 Å². The number of benzene rings is 1. The van der Waals surface area contributed by atoms with Gasteiger partial charge in [-0.2, -0.15) is 4.99 Å². The van der Waals surface area contributed by atoms with Crippen molar-refractivity contribution in [3.05, 3.63) is 34.7 Å². The SMILES string of the molecule is CC1=C(C)C2C(=O)N=C(CSc3nnc(Nc4ccc(OC(F)(F)F)cc4)s3)N=C2S1. The maximum Gasteiger partial charge on any atom is 0.573 e. The summed E-state index contributed by atoms with van der Waals surface area (Å²) in [6.07, 6.45) is -4.73. The van der Waals surface area contributed by atoms with Gasteiger partial charge in [-0.3, -0.25) is 4.79 Å². The molecule has 31 heavy (non-hydrogen) atoms. The Hall–Kier alpha value is -2.38. The molecule has 0 spiro atoms. The molecule has 0 fully saturated rings. The quantitative estimate of drug-likeness (QED) is 0.558. The Kier molecular flexibility index (Phi) is 6.08. The van der Waals surface area contributed by atoms with Gasteiger partial charge in [-0.15, -0.1) is 23.4 Å². The van der Waals surface area contributed by atoms with Crippen LogP contribution in [0.1, 0.15) is 13.8 Å². The topological polar surface area (TPSA) is 88.8 Å². The van der Waals surface area contributed by atoms with Gasteiger partial charge in [0.05, 0.1) is 10.8 Å². The Labute approximate surface area is 187 Å². The Bertz CT molecular complexity index is 1110. The van der Waals surface area contributed by atoms with Crippen LogP contribution in [0.2, 0.25) is 0 Å². The number of aromatic nitrogens is 2. The first-order valence-electron chi connectivity index (χ1n) is 8.82. The van der Waals surface area contributed by atoms with Crippen molar-refractivity contribution in [1.82, 2.24) is 10.2 Å². The number of amidine groups is 1. The molecule has 3 heterocycles. The first kappa shape index (κ1) is 21.8. The van der Waals surface area contributed by atoms with E-state index in [1.54, 1.807) is 0 Å². The average molecular weight is 486 g/mol. The fourth-order valence-corrected chi connectivity index (χ4v) is 5.55. The van der Waals surface area contributed by atoms with E-state index in [0.717, 1.165) is 15.5 Å². The van der Waals surface area contributed by atoms with E-state index in [4.69, 9.17) is 0 Å². The molecule has 0 saturated carbocycles. The van der Waals surface area contributed by atoms with Gasteiger partial charge >= 0.3 is 6.36 Å². The van der Waals surface area contributed by atoms with Gasteiger partial charge in [-0.05, 0) is 48.6 Å². The lowest BCUT2D eigenvalue weighted by Crippen LogP contribution is -2.25. The number of hydrogen-bond donors (Lipinski definition) is 1. The van der Waals surface area contributed by atoms with E-state index in [-0.39, 0.29) is 17.6 Å². The fourth-order valence-electron chi connectivity index (χ4n) is 2.78. The highest BCUT2D eigenvalue weighted by Gasteiger charge is 2.36. The third kappa shape index (κ3) is 5.28. The van der Waals surface area contributed by atoms with Crippen molar-refractivity contribution in [2.75, 3.05) is 11.1 Å². The number of halogens is 3. The predicted octanol–water partition coefficient (Wildman–Crippen LogP) is 5.27. The van der Waals surface area contributed by atoms with E-state index >= 15 is 0 Å². The number of carbonyl (C=O) groups is 1. The van der Waals surface area contributed by atoms with Crippen molar-refractivity contribution in [3.63, 3.8) is 0 Å². The summed E-state index contributed by atoms with van der Waals surface area (Å²) in [5.41, 5.74) is 1.54. The van der Waals surface area contributed by atoms with Gasteiger partial charge in [0, 0.05) is 5.69 Å². The summed E-state index contributed by atoms with van der Waals surface area (Å²) in [6, 6.07) is 5.30. The second kappa shape index (κ2) is 8.63. The normalized spacial score (nSPS) is 18.6. The summed E-state index contributed by atoms with van der Waals surface area (Å²) in [7, 11) is 0. The van der Waals surface area contributed by atoms with E-state index in [1.165, 1.54) is 59.1 Å². The third-order valence-corrected chi connectivity index (χ3v) is 7.42. The second-order valence-electron chi connectivity index (χ2n) is 6.45. The van der Waals surface area contributed by atoms with Gasteiger partial charge in [-0.25, -0.2) is 4.99 Å². The number of alkyl halides is 3. The van der Waals surface area contributed by atoms with Gasteiger partial charge in [-0.1, -0.05) is 34.9 Å². The highest BCUT2D eigenvalue weighted by atomic mass is 32.2. The summed E-state index contributed by atoms with van der Waals surface area (Å²) in [6.45, 7) is 3.89. The van der Waals surface area contributed by atoms with Crippen molar-refractivity contribution in [3.8, 4) is 5.75 Å². The van der Waals surface area contributed by atoms with Gasteiger partial charge in [0.15, 0.2) is 4.34 Å². The molecule has 162 valence electrons. The molecule has 1 amide bonds. The predicted molar refractivity (Wildman–Crippen MR) is 116 cm³/mol. The Morgan fingerprint density at radius 2 is 1.90 bits per heavy atom. The van der Waals surface area contributed by atoms with Crippen LogP contribution in [-0.4, -0.2) is 39.1 Å².